The van der Waals surface area contributed by atoms with Crippen molar-refractivity contribution in [3.63, 3.8) is 0 Å². The molecule has 0 saturated heterocycles. The quantitative estimate of drug-likeness (QED) is 0.209. The first-order chi connectivity index (χ1) is 17.1. The summed E-state index contributed by atoms with van der Waals surface area (Å²) in [5.41, 5.74) is 1.45. The fourth-order valence-corrected chi connectivity index (χ4v) is 4.43. The van der Waals surface area contributed by atoms with Gasteiger partial charge in [0.05, 0.1) is 24.2 Å². The first-order valence-electron chi connectivity index (χ1n) is 11.1. The average molecular weight is 634 g/mol. The highest BCUT2D eigenvalue weighted by Gasteiger charge is 2.23. The molecule has 0 unspecified atom stereocenters. The van der Waals surface area contributed by atoms with Crippen LogP contribution in [-0.2, 0) is 12.0 Å². The second-order valence-electron chi connectivity index (χ2n) is 9.15. The van der Waals surface area contributed by atoms with Gasteiger partial charge in [-0.3, -0.25) is 4.79 Å². The number of aromatic nitrogens is 2. The Labute approximate surface area is 231 Å². The molecule has 4 aromatic rings. The van der Waals surface area contributed by atoms with Gasteiger partial charge in [-0.25, -0.2) is 4.98 Å². The highest BCUT2D eigenvalue weighted by Crippen LogP contribution is 2.35. The van der Waals surface area contributed by atoms with E-state index in [1.165, 1.54) is 4.68 Å². The van der Waals surface area contributed by atoms with E-state index in [1.807, 2.05) is 57.2 Å². The summed E-state index contributed by atoms with van der Waals surface area (Å²) < 4.78 is 14.8. The summed E-state index contributed by atoms with van der Waals surface area (Å²) in [5, 5.41) is 5.48. The molecule has 9 heteroatoms. The van der Waals surface area contributed by atoms with Gasteiger partial charge in [0, 0.05) is 31.0 Å². The summed E-state index contributed by atoms with van der Waals surface area (Å²) in [6, 6.07) is 16.7. The van der Waals surface area contributed by atoms with Crippen molar-refractivity contribution in [2.45, 2.75) is 32.8 Å². The monoisotopic (exact) mass is 631 g/mol. The third kappa shape index (κ3) is 5.82. The van der Waals surface area contributed by atoms with Crippen LogP contribution >= 0.6 is 43.5 Å². The second kappa shape index (κ2) is 10.7. The van der Waals surface area contributed by atoms with E-state index in [9.17, 15) is 4.79 Å². The van der Waals surface area contributed by atoms with Crippen molar-refractivity contribution in [2.75, 3.05) is 7.11 Å². The maximum Gasteiger partial charge on any atom is 0.282 e. The minimum atomic E-state index is -0.440. The van der Waals surface area contributed by atoms with E-state index in [-0.39, 0.29) is 5.56 Å². The van der Waals surface area contributed by atoms with E-state index < -0.39 is 5.41 Å². The molecule has 0 saturated carbocycles. The molecule has 0 aliphatic rings. The number of hydrogen-bond donors (Lipinski definition) is 0. The van der Waals surface area contributed by atoms with Crippen molar-refractivity contribution in [1.82, 2.24) is 9.66 Å². The van der Waals surface area contributed by atoms with Crippen LogP contribution in [0.3, 0.4) is 0 Å². The van der Waals surface area contributed by atoms with Gasteiger partial charge in [0.2, 0.25) is 0 Å². The van der Waals surface area contributed by atoms with Crippen molar-refractivity contribution in [2.24, 2.45) is 5.10 Å². The molecule has 0 aliphatic heterocycles. The van der Waals surface area contributed by atoms with Gasteiger partial charge in [-0.05, 0) is 42.0 Å². The fourth-order valence-electron chi connectivity index (χ4n) is 3.59. The molecule has 36 heavy (non-hydrogen) atoms. The summed E-state index contributed by atoms with van der Waals surface area (Å²) in [6.07, 6.45) is 1.55. The van der Waals surface area contributed by atoms with E-state index in [0.717, 1.165) is 14.5 Å². The van der Waals surface area contributed by atoms with E-state index >= 15 is 0 Å². The van der Waals surface area contributed by atoms with Crippen LogP contribution < -0.4 is 15.0 Å². The lowest BCUT2D eigenvalue weighted by Crippen LogP contribution is -2.29. The lowest BCUT2D eigenvalue weighted by Gasteiger charge is -2.21. The summed E-state index contributed by atoms with van der Waals surface area (Å²) in [6.45, 7) is 6.27. The Morgan fingerprint density at radius 1 is 1.06 bits per heavy atom. The predicted molar refractivity (Wildman–Crippen MR) is 152 cm³/mol. The highest BCUT2D eigenvalue weighted by atomic mass is 79.9. The number of rotatable bonds is 6. The number of hydrogen-bond acceptors (Lipinski definition) is 5. The number of methoxy groups -OCH3 is 1. The molecule has 0 N–H and O–H groups in total. The summed E-state index contributed by atoms with van der Waals surface area (Å²) in [4.78, 5) is 18.2. The van der Waals surface area contributed by atoms with Crippen molar-refractivity contribution >= 4 is 60.6 Å². The van der Waals surface area contributed by atoms with E-state index in [0.29, 0.717) is 45.4 Å². The highest BCUT2D eigenvalue weighted by molar-refractivity contribution is 9.10. The molecule has 1 heterocycles. The van der Waals surface area contributed by atoms with Crippen molar-refractivity contribution in [3.05, 3.63) is 95.9 Å². The Balaban J connectivity index is 1.81. The van der Waals surface area contributed by atoms with E-state index in [4.69, 9.17) is 26.1 Å². The van der Waals surface area contributed by atoms with Gasteiger partial charge in [-0.1, -0.05) is 76.4 Å². The molecule has 0 aliphatic carbocycles. The number of ether oxygens (including phenoxy) is 2. The van der Waals surface area contributed by atoms with Gasteiger partial charge in [-0.2, -0.15) is 9.78 Å². The van der Waals surface area contributed by atoms with Crippen molar-refractivity contribution in [1.29, 1.82) is 0 Å². The molecular formula is C27H24Br2ClN3O3. The molecule has 0 amide bonds. The molecule has 186 valence electrons. The molecule has 0 radical (unpaired) electrons. The Morgan fingerprint density at radius 3 is 2.42 bits per heavy atom. The van der Waals surface area contributed by atoms with Crippen LogP contribution in [-0.4, -0.2) is 23.0 Å². The predicted octanol–water partition coefficient (Wildman–Crippen LogP) is 7.34. The van der Waals surface area contributed by atoms with Crippen LogP contribution in [0.2, 0.25) is 5.02 Å². The smallest absolute Gasteiger partial charge is 0.282 e. The minimum absolute atomic E-state index is 0.270. The molecule has 1 aromatic heterocycles. The molecule has 4 rings (SSSR count). The third-order valence-corrected chi connectivity index (χ3v) is 6.60. The number of fused-ring (bicyclic) bond motifs is 1. The Kier molecular flexibility index (Phi) is 7.87. The minimum Gasteiger partial charge on any atom is -0.493 e. The second-order valence-corrected chi connectivity index (χ2v) is 11.4. The molecular weight excluding hydrogens is 610 g/mol. The summed E-state index contributed by atoms with van der Waals surface area (Å²) in [7, 11) is 1.55. The molecule has 0 spiro atoms. The zero-order valence-corrected chi connectivity index (χ0v) is 24.1. The normalized spacial score (nSPS) is 11.9. The first kappa shape index (κ1) is 26.4. The molecule has 6 nitrogen and oxygen atoms in total. The SMILES string of the molecule is COc1cc(Cl)cc(C=Nn2c(C(C)(C)C)nc3ccc(Br)cc3c2=O)c1OCc1ccc(Br)cc1. The summed E-state index contributed by atoms with van der Waals surface area (Å²) >= 11 is 13.2. The van der Waals surface area contributed by atoms with Crippen molar-refractivity contribution < 1.29 is 9.47 Å². The van der Waals surface area contributed by atoms with Crippen molar-refractivity contribution in [3.8, 4) is 11.5 Å². The third-order valence-electron chi connectivity index (χ3n) is 5.36. The summed E-state index contributed by atoms with van der Waals surface area (Å²) in [5.74, 6) is 1.46. The van der Waals surface area contributed by atoms with Crippen LogP contribution in [0.1, 0.15) is 37.7 Å². The fraction of sp³-hybridized carbons (Fsp3) is 0.222. The number of benzene rings is 3. The van der Waals surface area contributed by atoms with Gasteiger partial charge in [0.1, 0.15) is 12.4 Å². The van der Waals surface area contributed by atoms with E-state index in [1.54, 1.807) is 31.5 Å². The van der Waals surface area contributed by atoms with Gasteiger partial charge < -0.3 is 9.47 Å². The maximum atomic E-state index is 13.5. The standard InChI is InChI=1S/C27H24Br2ClN3O3/c1-27(2,3)26-32-22-10-9-19(29)12-21(22)25(34)33(26)31-14-17-11-20(30)13-23(35-4)24(17)36-15-16-5-7-18(28)8-6-16/h5-14H,15H2,1-4H3. The molecule has 0 fully saturated rings. The van der Waals surface area contributed by atoms with Gasteiger partial charge in [0.15, 0.2) is 11.5 Å². The average Bonchev–Trinajstić information content (AvgIpc) is 2.83. The number of nitrogens with zero attached hydrogens (tertiary/aromatic N) is 3. The largest absolute Gasteiger partial charge is 0.493 e. The molecule has 0 bridgehead atoms. The van der Waals surface area contributed by atoms with Crippen LogP contribution in [0.15, 0.2) is 73.4 Å². The van der Waals surface area contributed by atoms with Gasteiger partial charge in [-0.15, -0.1) is 0 Å². The Hall–Kier alpha value is -2.68. The molecule has 3 aromatic carbocycles. The molecule has 0 atom stereocenters. The first-order valence-corrected chi connectivity index (χ1v) is 13.0. The van der Waals surface area contributed by atoms with Crippen LogP contribution in [0.25, 0.3) is 10.9 Å². The van der Waals surface area contributed by atoms with Crippen LogP contribution in [0.4, 0.5) is 0 Å². The maximum absolute atomic E-state index is 13.5. The van der Waals surface area contributed by atoms with Gasteiger partial charge in [0.25, 0.3) is 5.56 Å². The lowest BCUT2D eigenvalue weighted by atomic mass is 9.95. The Morgan fingerprint density at radius 2 is 1.75 bits per heavy atom. The zero-order valence-electron chi connectivity index (χ0n) is 20.2. The van der Waals surface area contributed by atoms with Crippen LogP contribution in [0, 0.1) is 0 Å². The topological polar surface area (TPSA) is 65.7 Å². The van der Waals surface area contributed by atoms with E-state index in [2.05, 4.69) is 37.0 Å². The number of halogens is 3. The Bertz CT molecular complexity index is 1510. The van der Waals surface area contributed by atoms with Gasteiger partial charge >= 0.3 is 0 Å². The zero-order chi connectivity index (χ0) is 26.0. The van der Waals surface area contributed by atoms with Crippen LogP contribution in [0.5, 0.6) is 11.5 Å². The lowest BCUT2D eigenvalue weighted by molar-refractivity contribution is 0.284.